The highest BCUT2D eigenvalue weighted by molar-refractivity contribution is 6.01. The second-order valence-electron chi connectivity index (χ2n) is 8.55. The number of benzene rings is 1. The number of aryl methyl sites for hydroxylation is 2. The molecule has 4 heterocycles. The van der Waals surface area contributed by atoms with Crippen molar-refractivity contribution in [2.75, 3.05) is 7.11 Å². The predicted molar refractivity (Wildman–Crippen MR) is 133 cm³/mol. The maximum absolute atomic E-state index is 11.6. The van der Waals surface area contributed by atoms with Crippen molar-refractivity contribution in [1.29, 1.82) is 0 Å². The second kappa shape index (κ2) is 8.84. The number of fused-ring (bicyclic) bond motifs is 1. The van der Waals surface area contributed by atoms with Crippen LogP contribution in [0.4, 0.5) is 0 Å². The van der Waals surface area contributed by atoms with Crippen LogP contribution in [0, 0.1) is 13.8 Å². The van der Waals surface area contributed by atoms with Crippen LogP contribution in [0.25, 0.3) is 33.3 Å². The van der Waals surface area contributed by atoms with Gasteiger partial charge in [0.15, 0.2) is 0 Å². The summed E-state index contributed by atoms with van der Waals surface area (Å²) in [6.07, 6.45) is 5.39. The summed E-state index contributed by atoms with van der Waals surface area (Å²) in [7, 11) is 1.44. The fraction of sp³-hybridized carbons (Fsp3) is 0.185. The highest BCUT2D eigenvalue weighted by Crippen LogP contribution is 2.44. The normalized spacial score (nSPS) is 12.1. The largest absolute Gasteiger partial charge is 0.507 e. The Hall–Kier alpha value is -4.66. The van der Waals surface area contributed by atoms with Gasteiger partial charge in [-0.15, -0.1) is 0 Å². The lowest BCUT2D eigenvalue weighted by atomic mass is 9.99. The van der Waals surface area contributed by atoms with Gasteiger partial charge in [-0.2, -0.15) is 0 Å². The lowest BCUT2D eigenvalue weighted by Gasteiger charge is -2.14. The van der Waals surface area contributed by atoms with Gasteiger partial charge < -0.3 is 24.0 Å². The Balaban J connectivity index is 1.81. The highest BCUT2D eigenvalue weighted by Gasteiger charge is 2.24. The Bertz CT molecular complexity index is 1580. The first-order chi connectivity index (χ1) is 17.3. The number of ether oxygens (including phenoxy) is 1. The Kier molecular flexibility index (Phi) is 5.68. The monoisotopic (exact) mass is 484 g/mol. The maximum Gasteiger partial charge on any atom is 0.335 e. The molecule has 0 fully saturated rings. The smallest absolute Gasteiger partial charge is 0.335 e. The van der Waals surface area contributed by atoms with Crippen LogP contribution in [0.3, 0.4) is 0 Å². The molecule has 0 aliphatic rings. The zero-order valence-corrected chi connectivity index (χ0v) is 20.2. The molecule has 0 saturated heterocycles. The van der Waals surface area contributed by atoms with Crippen molar-refractivity contribution >= 4 is 17.0 Å². The molecule has 9 heteroatoms. The number of rotatable bonds is 6. The number of carboxylic acids is 1. The summed E-state index contributed by atoms with van der Waals surface area (Å²) in [5, 5.41) is 25.2. The molecule has 5 aromatic rings. The molecule has 5 rings (SSSR count). The van der Waals surface area contributed by atoms with E-state index >= 15 is 0 Å². The summed E-state index contributed by atoms with van der Waals surface area (Å²) in [5.41, 5.74) is 4.84. The van der Waals surface area contributed by atoms with Crippen molar-refractivity contribution in [3.8, 4) is 33.8 Å². The van der Waals surface area contributed by atoms with E-state index in [4.69, 9.17) is 14.2 Å². The zero-order valence-electron chi connectivity index (χ0n) is 20.2. The molecular weight excluding hydrogens is 460 g/mol. The molecule has 0 saturated carbocycles. The molecule has 9 nitrogen and oxygen atoms in total. The number of nitrogens with zero attached hydrogens (tertiary/aromatic N) is 4. The molecule has 0 aliphatic heterocycles. The first-order valence-corrected chi connectivity index (χ1v) is 11.3. The van der Waals surface area contributed by atoms with E-state index in [9.17, 15) is 15.0 Å². The Morgan fingerprint density at radius 2 is 1.94 bits per heavy atom. The van der Waals surface area contributed by atoms with Crippen molar-refractivity contribution in [2.45, 2.75) is 26.8 Å². The minimum atomic E-state index is -1.16. The average Bonchev–Trinajstić information content (AvgIpc) is 3.42. The summed E-state index contributed by atoms with van der Waals surface area (Å²) in [6, 6.07) is 10.1. The van der Waals surface area contributed by atoms with Crippen molar-refractivity contribution in [3.63, 3.8) is 0 Å². The lowest BCUT2D eigenvalue weighted by molar-refractivity contribution is 0.0696. The minimum absolute atomic E-state index is 0.0757. The van der Waals surface area contributed by atoms with E-state index in [0.29, 0.717) is 22.5 Å². The molecule has 0 bridgehead atoms. The zero-order chi connectivity index (χ0) is 25.6. The third-order valence-electron chi connectivity index (χ3n) is 6.34. The number of aromatic carboxylic acids is 1. The number of hydrogen-bond acceptors (Lipinski definition) is 7. The first kappa shape index (κ1) is 23.1. The van der Waals surface area contributed by atoms with Gasteiger partial charge in [-0.1, -0.05) is 11.2 Å². The van der Waals surface area contributed by atoms with Crippen LogP contribution in [0.2, 0.25) is 0 Å². The number of phenolic OH excluding ortho intramolecular Hbond substituents is 1. The van der Waals surface area contributed by atoms with Gasteiger partial charge >= 0.3 is 5.97 Å². The molecule has 1 atom stereocenters. The number of carboxylic acid groups (broad SMARTS) is 1. The van der Waals surface area contributed by atoms with E-state index in [2.05, 4.69) is 10.1 Å². The van der Waals surface area contributed by atoms with Crippen LogP contribution < -0.4 is 4.74 Å². The summed E-state index contributed by atoms with van der Waals surface area (Å²) in [4.78, 5) is 20.9. The fourth-order valence-electron chi connectivity index (χ4n) is 4.58. The third kappa shape index (κ3) is 3.74. The molecule has 0 spiro atoms. The van der Waals surface area contributed by atoms with Gasteiger partial charge in [0.2, 0.25) is 0 Å². The van der Waals surface area contributed by atoms with Gasteiger partial charge in [-0.25, -0.2) is 9.78 Å². The van der Waals surface area contributed by atoms with Crippen LogP contribution in [0.15, 0.2) is 59.5 Å². The summed E-state index contributed by atoms with van der Waals surface area (Å²) >= 11 is 0. The third-order valence-corrected chi connectivity index (χ3v) is 6.34. The molecule has 1 aromatic carbocycles. The molecule has 0 radical (unpaired) electrons. The van der Waals surface area contributed by atoms with Crippen LogP contribution in [0.1, 0.15) is 40.5 Å². The van der Waals surface area contributed by atoms with Crippen LogP contribution >= 0.6 is 0 Å². The van der Waals surface area contributed by atoms with Gasteiger partial charge in [0.05, 0.1) is 35.7 Å². The van der Waals surface area contributed by atoms with E-state index in [-0.39, 0.29) is 23.1 Å². The highest BCUT2D eigenvalue weighted by atomic mass is 16.5. The van der Waals surface area contributed by atoms with Gasteiger partial charge in [0, 0.05) is 40.7 Å². The molecule has 0 aliphatic carbocycles. The van der Waals surface area contributed by atoms with Crippen LogP contribution in [-0.2, 0) is 0 Å². The van der Waals surface area contributed by atoms with E-state index in [1.807, 2.05) is 55.8 Å². The number of methoxy groups -OCH3 is 1. The number of phenols is 1. The summed E-state index contributed by atoms with van der Waals surface area (Å²) in [6.45, 7) is 5.72. The maximum atomic E-state index is 11.6. The Morgan fingerprint density at radius 3 is 2.58 bits per heavy atom. The summed E-state index contributed by atoms with van der Waals surface area (Å²) < 4.78 is 12.9. The molecule has 1 unspecified atom stereocenters. The fourth-order valence-corrected chi connectivity index (χ4v) is 4.58. The summed E-state index contributed by atoms with van der Waals surface area (Å²) in [5.74, 6) is -0.467. The van der Waals surface area contributed by atoms with Gasteiger partial charge in [0.25, 0.3) is 0 Å². The molecule has 2 N–H and O–H groups in total. The first-order valence-electron chi connectivity index (χ1n) is 11.3. The van der Waals surface area contributed by atoms with E-state index in [1.165, 1.54) is 19.2 Å². The lowest BCUT2D eigenvalue weighted by Crippen LogP contribution is -2.07. The standard InChI is InChI=1S/C27H24N4O5/c1-14-24(16(3)36-30-14)18-9-19-20(25-22(32)10-17(27(33)34)11-23(25)35-4)13-31(26(19)29-12-18)15(2)21-7-5-6-8-28-21/h5-13,15,32H,1-4H3,(H,33,34). The minimum Gasteiger partial charge on any atom is -0.507 e. The quantitative estimate of drug-likeness (QED) is 0.329. The van der Waals surface area contributed by atoms with Crippen molar-refractivity contribution in [3.05, 3.63) is 77.7 Å². The topological polar surface area (TPSA) is 124 Å². The number of aromatic nitrogens is 4. The van der Waals surface area contributed by atoms with Crippen LogP contribution in [0.5, 0.6) is 11.5 Å². The number of carbonyl (C=O) groups is 1. The van der Waals surface area contributed by atoms with Gasteiger partial charge in [-0.3, -0.25) is 4.98 Å². The predicted octanol–water partition coefficient (Wildman–Crippen LogP) is 5.39. The Labute approximate surface area is 206 Å². The number of hydrogen-bond donors (Lipinski definition) is 2. The average molecular weight is 485 g/mol. The molecule has 36 heavy (non-hydrogen) atoms. The van der Waals surface area contributed by atoms with E-state index < -0.39 is 5.97 Å². The molecular formula is C27H24N4O5. The van der Waals surface area contributed by atoms with Crippen molar-refractivity contribution in [2.24, 2.45) is 0 Å². The van der Waals surface area contributed by atoms with E-state index in [0.717, 1.165) is 27.9 Å². The molecule has 4 aromatic heterocycles. The van der Waals surface area contributed by atoms with Crippen molar-refractivity contribution < 1.29 is 24.3 Å². The van der Waals surface area contributed by atoms with Gasteiger partial charge in [0.1, 0.15) is 22.9 Å². The number of pyridine rings is 2. The SMILES string of the molecule is COc1cc(C(=O)O)cc(O)c1-c1cn(C(C)c2ccccn2)c2ncc(-c3c(C)noc3C)cc12. The molecule has 0 amide bonds. The second-order valence-corrected chi connectivity index (χ2v) is 8.55. The van der Waals surface area contributed by atoms with E-state index in [1.54, 1.807) is 12.4 Å². The molecule has 182 valence electrons. The Morgan fingerprint density at radius 1 is 1.14 bits per heavy atom. The number of aromatic hydroxyl groups is 1. The van der Waals surface area contributed by atoms with Crippen molar-refractivity contribution in [1.82, 2.24) is 19.7 Å². The van der Waals surface area contributed by atoms with Crippen LogP contribution in [-0.4, -0.2) is 43.0 Å². The van der Waals surface area contributed by atoms with Gasteiger partial charge in [-0.05, 0) is 51.1 Å².